The fraction of sp³-hybridized carbons (Fsp3) is 0.250. The molecule has 9 heteroatoms. The summed E-state index contributed by atoms with van der Waals surface area (Å²) in [5, 5.41) is 4.44. The number of hydrogen-bond acceptors (Lipinski definition) is 4. The minimum absolute atomic E-state index is 0.118. The van der Waals surface area contributed by atoms with Crippen LogP contribution in [0.3, 0.4) is 0 Å². The Hall–Kier alpha value is -2.87. The average molecular weight is 422 g/mol. The van der Waals surface area contributed by atoms with E-state index in [-0.39, 0.29) is 24.8 Å². The van der Waals surface area contributed by atoms with Crippen LogP contribution < -0.4 is 0 Å². The van der Waals surface area contributed by atoms with Gasteiger partial charge in [-0.2, -0.15) is 18.2 Å². The molecule has 1 aromatic heterocycles. The normalized spacial score (nSPS) is 17.2. The molecule has 4 rings (SSSR count). The molecule has 1 aliphatic heterocycles. The largest absolute Gasteiger partial charge is 0.416 e. The molecule has 0 saturated carbocycles. The second kappa shape index (κ2) is 7.51. The first-order valence-electron chi connectivity index (χ1n) is 8.83. The minimum atomic E-state index is -4.38. The summed E-state index contributed by atoms with van der Waals surface area (Å²) in [5.74, 6) is 0.288. The van der Waals surface area contributed by atoms with Crippen molar-refractivity contribution in [2.75, 3.05) is 6.54 Å². The third-order valence-corrected chi connectivity index (χ3v) is 5.10. The molecule has 150 valence electrons. The summed E-state index contributed by atoms with van der Waals surface area (Å²) < 4.78 is 43.4. The second-order valence-corrected chi connectivity index (χ2v) is 7.21. The molecule has 1 atom stereocenters. The Morgan fingerprint density at radius 1 is 1.14 bits per heavy atom. The fourth-order valence-corrected chi connectivity index (χ4v) is 3.48. The Balaban J connectivity index is 1.45. The van der Waals surface area contributed by atoms with Crippen molar-refractivity contribution in [2.24, 2.45) is 0 Å². The summed E-state index contributed by atoms with van der Waals surface area (Å²) >= 11 is 6.15. The van der Waals surface area contributed by atoms with Gasteiger partial charge in [-0.3, -0.25) is 4.79 Å². The lowest BCUT2D eigenvalue weighted by molar-refractivity contribution is -0.137. The quantitative estimate of drug-likeness (QED) is 0.599. The van der Waals surface area contributed by atoms with Gasteiger partial charge in [0.1, 0.15) is 0 Å². The maximum Gasteiger partial charge on any atom is 0.416 e. The van der Waals surface area contributed by atoms with Crippen molar-refractivity contribution in [2.45, 2.75) is 25.1 Å². The van der Waals surface area contributed by atoms with E-state index in [0.29, 0.717) is 34.4 Å². The second-order valence-electron chi connectivity index (χ2n) is 6.81. The molecule has 0 N–H and O–H groups in total. The van der Waals surface area contributed by atoms with Crippen molar-refractivity contribution in [3.8, 4) is 11.4 Å². The molecule has 1 fully saturated rings. The molecule has 1 unspecified atom stereocenters. The lowest BCUT2D eigenvalue weighted by Gasteiger charge is -2.16. The van der Waals surface area contributed by atoms with Crippen molar-refractivity contribution in [1.29, 1.82) is 0 Å². The van der Waals surface area contributed by atoms with Gasteiger partial charge in [0.15, 0.2) is 0 Å². The number of aromatic nitrogens is 2. The van der Waals surface area contributed by atoms with Crippen molar-refractivity contribution >= 4 is 17.5 Å². The van der Waals surface area contributed by atoms with Crippen LogP contribution in [0, 0.1) is 0 Å². The molecule has 0 aliphatic carbocycles. The number of alkyl halides is 3. The molecule has 2 aromatic carbocycles. The number of nitrogens with zero attached hydrogens (tertiary/aromatic N) is 3. The number of rotatable bonds is 4. The van der Waals surface area contributed by atoms with E-state index in [2.05, 4.69) is 10.1 Å². The highest BCUT2D eigenvalue weighted by Gasteiger charge is 2.35. The Morgan fingerprint density at radius 3 is 2.55 bits per heavy atom. The maximum atomic E-state index is 12.7. The maximum absolute atomic E-state index is 12.7. The van der Waals surface area contributed by atoms with Crippen LogP contribution in [0.25, 0.3) is 11.4 Å². The first kappa shape index (κ1) is 19.4. The fourth-order valence-electron chi connectivity index (χ4n) is 3.26. The van der Waals surface area contributed by atoms with Crippen molar-refractivity contribution in [1.82, 2.24) is 15.0 Å². The number of halogens is 4. The van der Waals surface area contributed by atoms with Gasteiger partial charge < -0.3 is 9.42 Å². The SMILES string of the molecule is O=C1CC(c2nc(-c3ccccc3Cl)no2)CN1Cc1ccc(C(F)(F)F)cc1. The van der Waals surface area contributed by atoms with Gasteiger partial charge in [0.05, 0.1) is 16.5 Å². The third-order valence-electron chi connectivity index (χ3n) is 4.77. The molecule has 0 spiro atoms. The molecule has 0 radical (unpaired) electrons. The summed E-state index contributed by atoms with van der Waals surface area (Å²) in [6, 6.07) is 11.9. The summed E-state index contributed by atoms with van der Waals surface area (Å²) in [7, 11) is 0. The van der Waals surface area contributed by atoms with Crippen LogP contribution >= 0.6 is 11.6 Å². The van der Waals surface area contributed by atoms with Crippen molar-refractivity contribution < 1.29 is 22.5 Å². The molecule has 2 heterocycles. The minimum Gasteiger partial charge on any atom is -0.339 e. The highest BCUT2D eigenvalue weighted by atomic mass is 35.5. The number of hydrogen-bond donors (Lipinski definition) is 0. The molecule has 29 heavy (non-hydrogen) atoms. The van der Waals surface area contributed by atoms with Gasteiger partial charge in [-0.15, -0.1) is 0 Å². The van der Waals surface area contributed by atoms with Crippen molar-refractivity contribution in [3.05, 3.63) is 70.6 Å². The van der Waals surface area contributed by atoms with Gasteiger partial charge in [-0.1, -0.05) is 41.0 Å². The van der Waals surface area contributed by atoms with Crippen LogP contribution in [0.2, 0.25) is 5.02 Å². The Morgan fingerprint density at radius 2 is 1.86 bits per heavy atom. The highest BCUT2D eigenvalue weighted by Crippen LogP contribution is 2.32. The molecular weight excluding hydrogens is 407 g/mol. The summed E-state index contributed by atoms with van der Waals surface area (Å²) in [5.41, 5.74) is 0.536. The zero-order chi connectivity index (χ0) is 20.6. The van der Waals surface area contributed by atoms with Gasteiger partial charge in [0.2, 0.25) is 17.6 Å². The Bertz CT molecular complexity index is 1030. The monoisotopic (exact) mass is 421 g/mol. The lowest BCUT2D eigenvalue weighted by atomic mass is 10.1. The topological polar surface area (TPSA) is 59.2 Å². The molecule has 1 amide bonds. The van der Waals surface area contributed by atoms with E-state index in [1.807, 2.05) is 6.07 Å². The zero-order valence-corrected chi connectivity index (χ0v) is 15.7. The molecule has 1 saturated heterocycles. The molecular formula is C20H15ClF3N3O2. The number of carbonyl (C=O) groups excluding carboxylic acids is 1. The Kier molecular flexibility index (Phi) is 5.04. The predicted octanol–water partition coefficient (Wildman–Crippen LogP) is 4.92. The van der Waals surface area contributed by atoms with Crippen molar-refractivity contribution in [3.63, 3.8) is 0 Å². The first-order chi connectivity index (χ1) is 13.8. The van der Waals surface area contributed by atoms with E-state index in [4.69, 9.17) is 16.1 Å². The first-order valence-corrected chi connectivity index (χ1v) is 9.21. The molecule has 1 aliphatic rings. The van der Waals surface area contributed by atoms with Crippen LogP contribution in [-0.2, 0) is 17.5 Å². The third kappa shape index (κ3) is 4.12. The molecule has 3 aromatic rings. The summed E-state index contributed by atoms with van der Waals surface area (Å²) in [6.07, 6.45) is -4.19. The van der Waals surface area contributed by atoms with Gasteiger partial charge in [-0.25, -0.2) is 0 Å². The molecule has 0 bridgehead atoms. The number of carbonyl (C=O) groups is 1. The smallest absolute Gasteiger partial charge is 0.339 e. The van der Waals surface area contributed by atoms with E-state index < -0.39 is 11.7 Å². The van der Waals surface area contributed by atoms with E-state index in [9.17, 15) is 18.0 Å². The van der Waals surface area contributed by atoms with Gasteiger partial charge in [0, 0.05) is 25.1 Å². The van der Waals surface area contributed by atoms with E-state index >= 15 is 0 Å². The van der Waals surface area contributed by atoms with Crippen LogP contribution in [-0.4, -0.2) is 27.5 Å². The predicted molar refractivity (Wildman–Crippen MR) is 99.0 cm³/mol. The van der Waals surface area contributed by atoms with Crippen LogP contribution in [0.4, 0.5) is 13.2 Å². The standard InChI is InChI=1S/C20H15ClF3N3O2/c21-16-4-2-1-3-15(16)18-25-19(29-26-18)13-9-17(28)27(11-13)10-12-5-7-14(8-6-12)20(22,23)24/h1-8,13H,9-11H2. The molecule has 5 nitrogen and oxygen atoms in total. The number of amides is 1. The van der Waals surface area contributed by atoms with Crippen LogP contribution in [0.5, 0.6) is 0 Å². The zero-order valence-electron chi connectivity index (χ0n) is 15.0. The van der Waals surface area contributed by atoms with E-state index in [1.165, 1.54) is 12.1 Å². The van der Waals surface area contributed by atoms with Gasteiger partial charge in [-0.05, 0) is 29.8 Å². The van der Waals surface area contributed by atoms with E-state index in [0.717, 1.165) is 12.1 Å². The van der Waals surface area contributed by atoms with Crippen LogP contribution in [0.1, 0.15) is 29.4 Å². The number of benzene rings is 2. The van der Waals surface area contributed by atoms with Crippen LogP contribution in [0.15, 0.2) is 53.1 Å². The average Bonchev–Trinajstić information content (AvgIpc) is 3.29. The lowest BCUT2D eigenvalue weighted by Crippen LogP contribution is -2.24. The summed E-state index contributed by atoms with van der Waals surface area (Å²) in [4.78, 5) is 18.3. The van der Waals surface area contributed by atoms with E-state index in [1.54, 1.807) is 23.1 Å². The summed E-state index contributed by atoms with van der Waals surface area (Å²) in [6.45, 7) is 0.572. The van der Waals surface area contributed by atoms with Gasteiger partial charge in [0.25, 0.3) is 0 Å². The Labute approximate surface area is 169 Å². The van der Waals surface area contributed by atoms with Gasteiger partial charge >= 0.3 is 6.18 Å². The number of likely N-dealkylation sites (tertiary alicyclic amines) is 1. The highest BCUT2D eigenvalue weighted by molar-refractivity contribution is 6.33.